The molecule has 158 valence electrons. The molecule has 2 N–H and O–H groups in total. The number of halogens is 1. The van der Waals surface area contributed by atoms with Crippen molar-refractivity contribution in [1.82, 2.24) is 0 Å². The molecular formula is C23H29IO5. The van der Waals surface area contributed by atoms with Crippen LogP contribution in [0.25, 0.3) is 0 Å². The van der Waals surface area contributed by atoms with E-state index in [1.807, 2.05) is 30.3 Å². The van der Waals surface area contributed by atoms with E-state index in [-0.39, 0.29) is 19.1 Å². The summed E-state index contributed by atoms with van der Waals surface area (Å²) in [5, 5.41) is 19.0. The summed E-state index contributed by atoms with van der Waals surface area (Å²) in [6.45, 7) is 0.229. The van der Waals surface area contributed by atoms with Gasteiger partial charge in [0.15, 0.2) is 0 Å². The Morgan fingerprint density at radius 3 is 2.76 bits per heavy atom. The van der Waals surface area contributed by atoms with Crippen molar-refractivity contribution in [2.24, 2.45) is 11.8 Å². The van der Waals surface area contributed by atoms with Gasteiger partial charge in [-0.1, -0.05) is 24.3 Å². The molecular weight excluding hydrogens is 481 g/mol. The summed E-state index contributed by atoms with van der Waals surface area (Å²) in [5.74, 6) is 0.747. The lowest BCUT2D eigenvalue weighted by atomic mass is 9.77. The fourth-order valence-corrected chi connectivity index (χ4v) is 4.51. The number of ether oxygens (including phenoxy) is 2. The monoisotopic (exact) mass is 510 g/mol. The highest BCUT2D eigenvalue weighted by atomic mass is 125. The molecule has 0 radical (unpaired) electrons. The van der Waals surface area contributed by atoms with E-state index in [9.17, 15) is 9.90 Å². The standard InChI is InChI=1S/C23H29IO5/c24-16-7-10-18(11-8-16)28-15-17(25)9-12-20-19(21-13-14-22(20)29-21)5-3-1-2-4-6-23(26)27/h1,3,7-12,17,19-22,25H,2,4-6,13-15H2,(H,26,27)/b3-1-,12-9+/t17-,19-,20-,21-,22+/m0/s1/i24-2. The lowest BCUT2D eigenvalue weighted by Gasteiger charge is -2.25. The van der Waals surface area contributed by atoms with Gasteiger partial charge in [-0.2, -0.15) is 0 Å². The van der Waals surface area contributed by atoms with E-state index < -0.39 is 12.1 Å². The molecule has 1 aromatic carbocycles. The van der Waals surface area contributed by atoms with Gasteiger partial charge in [0.05, 0.1) is 12.2 Å². The molecule has 2 aliphatic heterocycles. The van der Waals surface area contributed by atoms with E-state index in [0.717, 1.165) is 35.0 Å². The van der Waals surface area contributed by atoms with E-state index in [1.54, 1.807) is 0 Å². The third kappa shape index (κ3) is 6.83. The molecule has 2 fully saturated rings. The maximum Gasteiger partial charge on any atom is 0.303 e. The van der Waals surface area contributed by atoms with Gasteiger partial charge in [0.1, 0.15) is 18.5 Å². The number of rotatable bonds is 11. The van der Waals surface area contributed by atoms with Crippen molar-refractivity contribution >= 4 is 28.6 Å². The second kappa shape index (κ2) is 11.1. The van der Waals surface area contributed by atoms with Gasteiger partial charge in [-0.25, -0.2) is 0 Å². The number of fused-ring (bicyclic) bond motifs is 2. The molecule has 0 aromatic heterocycles. The summed E-state index contributed by atoms with van der Waals surface area (Å²) in [4.78, 5) is 10.6. The molecule has 5 nitrogen and oxygen atoms in total. The maximum atomic E-state index is 10.6. The molecule has 5 atom stereocenters. The average Bonchev–Trinajstić information content (AvgIpc) is 3.30. The molecule has 3 rings (SSSR count). The number of carboxylic acids is 1. The Morgan fingerprint density at radius 2 is 2.00 bits per heavy atom. The van der Waals surface area contributed by atoms with Crippen LogP contribution in [0.5, 0.6) is 5.75 Å². The van der Waals surface area contributed by atoms with Crippen LogP contribution in [0.2, 0.25) is 0 Å². The van der Waals surface area contributed by atoms with Crippen molar-refractivity contribution in [3.63, 3.8) is 0 Å². The van der Waals surface area contributed by atoms with Crippen LogP contribution in [0.3, 0.4) is 0 Å². The van der Waals surface area contributed by atoms with E-state index in [2.05, 4.69) is 40.8 Å². The highest BCUT2D eigenvalue weighted by molar-refractivity contribution is 14.1. The molecule has 1 aromatic rings. The quantitative estimate of drug-likeness (QED) is 0.259. The number of benzene rings is 1. The van der Waals surface area contributed by atoms with Gasteiger partial charge >= 0.3 is 5.97 Å². The van der Waals surface area contributed by atoms with Crippen LogP contribution in [-0.2, 0) is 9.53 Å². The number of hydrogen-bond donors (Lipinski definition) is 2. The second-order valence-electron chi connectivity index (χ2n) is 7.74. The first kappa shape index (κ1) is 22.3. The molecule has 0 spiro atoms. The lowest BCUT2D eigenvalue weighted by Crippen LogP contribution is -2.26. The Balaban J connectivity index is 1.46. The minimum Gasteiger partial charge on any atom is -0.491 e. The summed E-state index contributed by atoms with van der Waals surface area (Å²) in [5.41, 5.74) is 0. The topological polar surface area (TPSA) is 76.0 Å². The third-order valence-corrected chi connectivity index (χ3v) is 6.33. The predicted molar refractivity (Wildman–Crippen MR) is 120 cm³/mol. The Bertz CT molecular complexity index is 714. The maximum absolute atomic E-state index is 10.6. The molecule has 0 unspecified atom stereocenters. The Hall–Kier alpha value is -1.38. The first-order valence-corrected chi connectivity index (χ1v) is 11.4. The third-order valence-electron chi connectivity index (χ3n) is 5.61. The van der Waals surface area contributed by atoms with Gasteiger partial charge in [-0.05, 0) is 84.9 Å². The zero-order chi connectivity index (χ0) is 20.6. The minimum atomic E-state index is -0.741. The van der Waals surface area contributed by atoms with Crippen molar-refractivity contribution in [3.8, 4) is 5.75 Å². The summed E-state index contributed by atoms with van der Waals surface area (Å²) >= 11 is 2.25. The highest BCUT2D eigenvalue weighted by Crippen LogP contribution is 2.45. The molecule has 0 aliphatic carbocycles. The van der Waals surface area contributed by atoms with Crippen molar-refractivity contribution < 1.29 is 24.5 Å². The fraction of sp³-hybridized carbons (Fsp3) is 0.522. The Kier molecular flexibility index (Phi) is 8.56. The molecule has 2 saturated heterocycles. The minimum absolute atomic E-state index is 0.217. The molecule has 6 heteroatoms. The van der Waals surface area contributed by atoms with E-state index in [4.69, 9.17) is 14.6 Å². The van der Waals surface area contributed by atoms with Crippen LogP contribution in [0.15, 0.2) is 48.6 Å². The van der Waals surface area contributed by atoms with Crippen LogP contribution in [0.4, 0.5) is 0 Å². The molecule has 2 heterocycles. The number of carbonyl (C=O) groups is 1. The van der Waals surface area contributed by atoms with Crippen LogP contribution in [-0.4, -0.2) is 41.1 Å². The number of aliphatic hydroxyl groups is 1. The first-order valence-electron chi connectivity index (χ1n) is 10.3. The number of unbranched alkanes of at least 4 members (excludes halogenated alkanes) is 1. The highest BCUT2D eigenvalue weighted by Gasteiger charge is 2.46. The SMILES string of the molecule is O=C(O)CCC/C=C\C[C@H]1[C@H](/C=C/[C@H](O)COc2ccc([125I])cc2)[C@H]2CC[C@@H]1O2. The zero-order valence-electron chi connectivity index (χ0n) is 16.5. The zero-order valence-corrected chi connectivity index (χ0v) is 18.6. The number of carboxylic acid groups (broad SMARTS) is 1. The van der Waals surface area contributed by atoms with Gasteiger partial charge in [-0.3, -0.25) is 4.79 Å². The molecule has 2 bridgehead atoms. The van der Waals surface area contributed by atoms with E-state index in [0.29, 0.717) is 24.4 Å². The molecule has 0 saturated carbocycles. The average molecular weight is 510 g/mol. The van der Waals surface area contributed by atoms with E-state index in [1.165, 1.54) is 0 Å². The van der Waals surface area contributed by atoms with Gasteiger partial charge < -0.3 is 19.7 Å². The van der Waals surface area contributed by atoms with Gasteiger partial charge in [0, 0.05) is 15.9 Å². The lowest BCUT2D eigenvalue weighted by molar-refractivity contribution is -0.137. The van der Waals surface area contributed by atoms with Gasteiger partial charge in [0.2, 0.25) is 0 Å². The van der Waals surface area contributed by atoms with Crippen LogP contribution >= 0.6 is 22.6 Å². The van der Waals surface area contributed by atoms with Crippen LogP contribution < -0.4 is 4.74 Å². The number of aliphatic carboxylic acids is 1. The summed E-state index contributed by atoms with van der Waals surface area (Å²) in [7, 11) is 0. The molecule has 2 aliphatic rings. The molecule has 0 amide bonds. The van der Waals surface area contributed by atoms with E-state index >= 15 is 0 Å². The van der Waals surface area contributed by atoms with Crippen LogP contribution in [0.1, 0.15) is 38.5 Å². The van der Waals surface area contributed by atoms with Crippen LogP contribution in [0, 0.1) is 15.4 Å². The van der Waals surface area contributed by atoms with Crippen molar-refractivity contribution in [2.45, 2.75) is 56.8 Å². The summed E-state index contributed by atoms with van der Waals surface area (Å²) in [6.07, 6.45) is 12.9. The largest absolute Gasteiger partial charge is 0.491 e. The number of allylic oxidation sites excluding steroid dienone is 2. The van der Waals surface area contributed by atoms with Crippen molar-refractivity contribution in [1.29, 1.82) is 0 Å². The van der Waals surface area contributed by atoms with Crippen molar-refractivity contribution in [3.05, 3.63) is 52.1 Å². The van der Waals surface area contributed by atoms with Gasteiger partial charge in [-0.15, -0.1) is 0 Å². The summed E-state index contributed by atoms with van der Waals surface area (Å²) < 4.78 is 12.9. The Morgan fingerprint density at radius 1 is 1.24 bits per heavy atom. The van der Waals surface area contributed by atoms with Gasteiger partial charge in [0.25, 0.3) is 0 Å². The predicted octanol–water partition coefficient (Wildman–Crippen LogP) is 4.58. The Labute approximate surface area is 185 Å². The second-order valence-corrected chi connectivity index (χ2v) is 8.99. The number of hydrogen-bond acceptors (Lipinski definition) is 4. The fourth-order valence-electron chi connectivity index (χ4n) is 4.15. The smallest absolute Gasteiger partial charge is 0.303 e. The normalized spacial score (nSPS) is 27.1. The first-order chi connectivity index (χ1) is 14.0. The number of aliphatic hydroxyl groups excluding tert-OH is 1. The van der Waals surface area contributed by atoms with Crippen molar-refractivity contribution in [2.75, 3.05) is 6.61 Å². The summed E-state index contributed by atoms with van der Waals surface area (Å²) in [6, 6.07) is 7.76. The molecule has 29 heavy (non-hydrogen) atoms.